The van der Waals surface area contributed by atoms with E-state index >= 15 is 0 Å². The number of benzene rings is 1. The van der Waals surface area contributed by atoms with Crippen LogP contribution in [-0.4, -0.2) is 35.9 Å². The van der Waals surface area contributed by atoms with Crippen LogP contribution in [-0.2, 0) is 20.5 Å². The van der Waals surface area contributed by atoms with Crippen LogP contribution in [0.15, 0.2) is 18.2 Å². The molecule has 1 fully saturated rings. The molecule has 0 aliphatic carbocycles. The van der Waals surface area contributed by atoms with Gasteiger partial charge in [0, 0.05) is 19.2 Å². The third-order valence-electron chi connectivity index (χ3n) is 4.53. The zero-order valence-electron chi connectivity index (χ0n) is 14.8. The molecule has 1 aromatic rings. The molecule has 0 aromatic heterocycles. The van der Waals surface area contributed by atoms with E-state index in [0.717, 1.165) is 12.1 Å². The van der Waals surface area contributed by atoms with Crippen molar-refractivity contribution in [1.82, 2.24) is 0 Å². The molecule has 0 saturated carbocycles. The molecule has 1 heterocycles. The van der Waals surface area contributed by atoms with E-state index < -0.39 is 40.3 Å². The van der Waals surface area contributed by atoms with E-state index in [-0.39, 0.29) is 24.6 Å². The first-order chi connectivity index (χ1) is 12.5. The van der Waals surface area contributed by atoms with Crippen molar-refractivity contribution in [2.24, 2.45) is 5.92 Å². The standard InChI is InChI=1S/C17H19F3N2O5/c1-10(23)11(2)27-16(24)12-5-7-21(8-6-12)14-4-3-13(17(18,19)20)9-15(14)22(25)26/h3-4,9,11-12H,5-8H2,1-2H3/t11-/m1/s1. The number of anilines is 1. The van der Waals surface area contributed by atoms with Crippen molar-refractivity contribution in [3.05, 3.63) is 33.9 Å². The van der Waals surface area contributed by atoms with E-state index in [2.05, 4.69) is 0 Å². The zero-order chi connectivity index (χ0) is 20.4. The van der Waals surface area contributed by atoms with Gasteiger partial charge in [0.2, 0.25) is 0 Å². The van der Waals surface area contributed by atoms with Gasteiger partial charge in [-0.15, -0.1) is 0 Å². The number of halogens is 3. The summed E-state index contributed by atoms with van der Waals surface area (Å²) in [4.78, 5) is 35.2. The monoisotopic (exact) mass is 388 g/mol. The molecular weight excluding hydrogens is 369 g/mol. The lowest BCUT2D eigenvalue weighted by atomic mass is 9.96. The molecule has 1 atom stereocenters. The van der Waals surface area contributed by atoms with Gasteiger partial charge in [0.25, 0.3) is 5.69 Å². The van der Waals surface area contributed by atoms with Crippen molar-refractivity contribution >= 4 is 23.1 Å². The van der Waals surface area contributed by atoms with Gasteiger partial charge in [-0.3, -0.25) is 19.7 Å². The highest BCUT2D eigenvalue weighted by Crippen LogP contribution is 2.37. The number of nitro groups is 1. The van der Waals surface area contributed by atoms with Crippen molar-refractivity contribution < 1.29 is 32.4 Å². The van der Waals surface area contributed by atoms with Crippen LogP contribution in [0.25, 0.3) is 0 Å². The molecule has 0 N–H and O–H groups in total. The number of ketones is 1. The first-order valence-electron chi connectivity index (χ1n) is 8.32. The van der Waals surface area contributed by atoms with Crippen LogP contribution in [0.5, 0.6) is 0 Å². The maximum Gasteiger partial charge on any atom is 0.416 e. The highest BCUT2D eigenvalue weighted by Gasteiger charge is 2.35. The summed E-state index contributed by atoms with van der Waals surface area (Å²) in [6.07, 6.45) is -4.87. The Morgan fingerprint density at radius 2 is 1.89 bits per heavy atom. The molecule has 148 valence electrons. The van der Waals surface area contributed by atoms with Crippen LogP contribution in [0.2, 0.25) is 0 Å². The Morgan fingerprint density at radius 1 is 1.30 bits per heavy atom. The van der Waals surface area contributed by atoms with Crippen LogP contribution >= 0.6 is 0 Å². The van der Waals surface area contributed by atoms with Crippen molar-refractivity contribution in [2.45, 2.75) is 39.0 Å². The average Bonchev–Trinajstić information content (AvgIpc) is 2.60. The van der Waals surface area contributed by atoms with Crippen molar-refractivity contribution in [3.8, 4) is 0 Å². The second-order valence-corrected chi connectivity index (χ2v) is 6.41. The lowest BCUT2D eigenvalue weighted by Gasteiger charge is -2.32. The van der Waals surface area contributed by atoms with Gasteiger partial charge in [-0.1, -0.05) is 0 Å². The van der Waals surface area contributed by atoms with Crippen LogP contribution in [0.4, 0.5) is 24.5 Å². The van der Waals surface area contributed by atoms with Gasteiger partial charge in [-0.05, 0) is 38.8 Å². The smallest absolute Gasteiger partial charge is 0.416 e. The predicted molar refractivity (Wildman–Crippen MR) is 89.3 cm³/mol. The molecule has 2 rings (SSSR count). The third kappa shape index (κ3) is 4.95. The molecule has 27 heavy (non-hydrogen) atoms. The Kier molecular flexibility index (Phi) is 6.07. The lowest BCUT2D eigenvalue weighted by Crippen LogP contribution is -2.38. The molecular formula is C17H19F3N2O5. The number of carbonyl (C=O) groups excluding carboxylic acids is 2. The quantitative estimate of drug-likeness (QED) is 0.437. The van der Waals surface area contributed by atoms with E-state index in [0.29, 0.717) is 18.9 Å². The van der Waals surface area contributed by atoms with Crippen LogP contribution in [0, 0.1) is 16.0 Å². The fourth-order valence-electron chi connectivity index (χ4n) is 2.82. The summed E-state index contributed by atoms with van der Waals surface area (Å²) < 4.78 is 43.5. The van der Waals surface area contributed by atoms with Gasteiger partial charge in [0.15, 0.2) is 11.9 Å². The Balaban J connectivity index is 2.10. The van der Waals surface area contributed by atoms with E-state index in [1.165, 1.54) is 13.8 Å². The summed E-state index contributed by atoms with van der Waals surface area (Å²) in [5, 5.41) is 11.2. The van der Waals surface area contributed by atoms with E-state index in [1.807, 2.05) is 0 Å². The number of ether oxygens (including phenoxy) is 1. The molecule has 0 spiro atoms. The van der Waals surface area contributed by atoms with Gasteiger partial charge in [0.1, 0.15) is 5.69 Å². The van der Waals surface area contributed by atoms with Gasteiger partial charge < -0.3 is 9.64 Å². The lowest BCUT2D eigenvalue weighted by molar-refractivity contribution is -0.384. The third-order valence-corrected chi connectivity index (χ3v) is 4.53. The normalized spacial score (nSPS) is 16.7. The number of Topliss-reactive ketones (excluding diaryl/α,β-unsaturated/α-hetero) is 1. The summed E-state index contributed by atoms with van der Waals surface area (Å²) in [5.41, 5.74) is -1.64. The SMILES string of the molecule is CC(=O)[C@@H](C)OC(=O)C1CCN(c2ccc(C(F)(F)F)cc2[N+](=O)[O-])CC1. The van der Waals surface area contributed by atoms with Crippen LogP contribution < -0.4 is 4.90 Å². The molecule has 1 aromatic carbocycles. The highest BCUT2D eigenvalue weighted by atomic mass is 19.4. The van der Waals surface area contributed by atoms with Gasteiger partial charge >= 0.3 is 12.1 Å². The number of hydrogen-bond donors (Lipinski definition) is 0. The zero-order valence-corrected chi connectivity index (χ0v) is 14.8. The Labute approximate surface area is 153 Å². The van der Waals surface area contributed by atoms with Crippen molar-refractivity contribution in [1.29, 1.82) is 0 Å². The number of nitrogens with zero attached hydrogens (tertiary/aromatic N) is 2. The van der Waals surface area contributed by atoms with E-state index in [1.54, 1.807) is 4.90 Å². The van der Waals surface area contributed by atoms with E-state index in [4.69, 9.17) is 4.74 Å². The second-order valence-electron chi connectivity index (χ2n) is 6.41. The molecule has 1 aliphatic rings. The molecule has 0 unspecified atom stereocenters. The number of hydrogen-bond acceptors (Lipinski definition) is 6. The molecule has 10 heteroatoms. The number of nitro benzene ring substituents is 1. The van der Waals surface area contributed by atoms with Gasteiger partial charge in [0.05, 0.1) is 16.4 Å². The molecule has 1 aliphatic heterocycles. The molecule has 0 bridgehead atoms. The van der Waals surface area contributed by atoms with Crippen LogP contribution in [0.1, 0.15) is 32.3 Å². The summed E-state index contributed by atoms with van der Waals surface area (Å²) in [5.74, 6) is -1.25. The minimum atomic E-state index is -4.67. The summed E-state index contributed by atoms with van der Waals surface area (Å²) in [7, 11) is 0. The summed E-state index contributed by atoms with van der Waals surface area (Å²) >= 11 is 0. The fourth-order valence-corrected chi connectivity index (χ4v) is 2.82. The highest BCUT2D eigenvalue weighted by molar-refractivity contribution is 5.83. The minimum Gasteiger partial charge on any atom is -0.454 e. The topological polar surface area (TPSA) is 89.8 Å². The maximum absolute atomic E-state index is 12.8. The van der Waals surface area contributed by atoms with E-state index in [9.17, 15) is 32.9 Å². The maximum atomic E-state index is 12.8. The Hall–Kier alpha value is -2.65. The van der Waals surface area contributed by atoms with Crippen LogP contribution in [0.3, 0.4) is 0 Å². The van der Waals surface area contributed by atoms with Gasteiger partial charge in [-0.2, -0.15) is 13.2 Å². The Bertz CT molecular complexity index is 743. The number of alkyl halides is 3. The Morgan fingerprint density at radius 3 is 2.37 bits per heavy atom. The largest absolute Gasteiger partial charge is 0.454 e. The first-order valence-corrected chi connectivity index (χ1v) is 8.32. The number of esters is 1. The number of rotatable bonds is 5. The van der Waals surface area contributed by atoms with Crippen molar-refractivity contribution in [3.63, 3.8) is 0 Å². The molecule has 7 nitrogen and oxygen atoms in total. The second kappa shape index (κ2) is 7.93. The predicted octanol–water partition coefficient (Wildman–Crippen LogP) is 3.35. The molecule has 0 amide bonds. The molecule has 1 saturated heterocycles. The average molecular weight is 388 g/mol. The fraction of sp³-hybridized carbons (Fsp3) is 0.529. The summed E-state index contributed by atoms with van der Waals surface area (Å²) in [6, 6.07) is 2.40. The molecule has 0 radical (unpaired) electrons. The summed E-state index contributed by atoms with van der Waals surface area (Å²) in [6.45, 7) is 3.28. The number of carbonyl (C=O) groups is 2. The first kappa shape index (κ1) is 20.7. The number of piperidine rings is 1. The minimum absolute atomic E-state index is 0.0805. The van der Waals surface area contributed by atoms with Crippen molar-refractivity contribution in [2.75, 3.05) is 18.0 Å². The van der Waals surface area contributed by atoms with Gasteiger partial charge in [-0.25, -0.2) is 0 Å².